The highest BCUT2D eigenvalue weighted by molar-refractivity contribution is 7.17. The van der Waals surface area contributed by atoms with E-state index in [1.807, 2.05) is 11.3 Å². The lowest BCUT2D eigenvalue weighted by atomic mass is 10.1. The van der Waals surface area contributed by atoms with Crippen molar-refractivity contribution in [2.24, 2.45) is 5.73 Å². The number of thiophene rings is 1. The van der Waals surface area contributed by atoms with Crippen LogP contribution in [0.4, 0.5) is 0 Å². The molecule has 0 spiro atoms. The summed E-state index contributed by atoms with van der Waals surface area (Å²) in [7, 11) is 0. The summed E-state index contributed by atoms with van der Waals surface area (Å²) in [5.41, 5.74) is 6.97. The molecule has 1 aromatic carbocycles. The van der Waals surface area contributed by atoms with Crippen molar-refractivity contribution in [3.05, 3.63) is 35.2 Å². The molecular formula is C12H15NS. The molecule has 0 saturated heterocycles. The molecule has 0 saturated carbocycles. The van der Waals surface area contributed by atoms with Crippen molar-refractivity contribution in [1.29, 1.82) is 0 Å². The molecule has 2 heteroatoms. The van der Waals surface area contributed by atoms with E-state index in [0.717, 1.165) is 13.0 Å². The zero-order valence-electron chi connectivity index (χ0n) is 8.20. The Labute approximate surface area is 88.6 Å². The molecule has 74 valence electrons. The summed E-state index contributed by atoms with van der Waals surface area (Å²) in [4.78, 5) is 0. The molecule has 14 heavy (non-hydrogen) atoms. The minimum atomic E-state index is 0.808. The zero-order chi connectivity index (χ0) is 9.80. The van der Waals surface area contributed by atoms with Gasteiger partial charge in [-0.2, -0.15) is 0 Å². The van der Waals surface area contributed by atoms with Crippen molar-refractivity contribution >= 4 is 21.4 Å². The van der Waals surface area contributed by atoms with Crippen molar-refractivity contribution in [1.82, 2.24) is 0 Å². The Kier molecular flexibility index (Phi) is 3.17. The summed E-state index contributed by atoms with van der Waals surface area (Å²) in [6.07, 6.45) is 3.50. The van der Waals surface area contributed by atoms with E-state index < -0.39 is 0 Å². The normalized spacial score (nSPS) is 10.9. The van der Waals surface area contributed by atoms with Gasteiger partial charge in [0.15, 0.2) is 0 Å². The average Bonchev–Trinajstić information content (AvgIpc) is 2.63. The maximum Gasteiger partial charge on any atom is 0.0345 e. The van der Waals surface area contributed by atoms with E-state index >= 15 is 0 Å². The zero-order valence-corrected chi connectivity index (χ0v) is 9.02. The first-order valence-corrected chi connectivity index (χ1v) is 5.95. The number of hydrogen-bond acceptors (Lipinski definition) is 2. The lowest BCUT2D eigenvalue weighted by Crippen LogP contribution is -1.98. The molecule has 0 aliphatic heterocycles. The fourth-order valence-electron chi connectivity index (χ4n) is 1.69. The van der Waals surface area contributed by atoms with Gasteiger partial charge >= 0.3 is 0 Å². The molecule has 0 unspecified atom stereocenters. The number of unbranched alkanes of at least 4 members (excludes halogenated alkanes) is 1. The molecule has 0 radical (unpaired) electrons. The summed E-state index contributed by atoms with van der Waals surface area (Å²) in [5, 5.41) is 3.70. The summed E-state index contributed by atoms with van der Waals surface area (Å²) >= 11 is 1.84. The van der Waals surface area contributed by atoms with Crippen LogP contribution in [0.15, 0.2) is 29.6 Å². The minimum absolute atomic E-state index is 0.808. The van der Waals surface area contributed by atoms with E-state index in [9.17, 15) is 0 Å². The van der Waals surface area contributed by atoms with Crippen LogP contribution in [0.1, 0.15) is 18.4 Å². The SMILES string of the molecule is NCCCCc1csc2ccccc12. The number of nitrogens with two attached hydrogens (primary N) is 1. The highest BCUT2D eigenvalue weighted by Gasteiger charge is 2.01. The second kappa shape index (κ2) is 4.58. The fraction of sp³-hybridized carbons (Fsp3) is 0.333. The summed E-state index contributed by atoms with van der Waals surface area (Å²) < 4.78 is 1.40. The monoisotopic (exact) mass is 205 g/mol. The van der Waals surface area contributed by atoms with E-state index in [0.29, 0.717) is 0 Å². The Balaban J connectivity index is 2.17. The largest absolute Gasteiger partial charge is 0.330 e. The van der Waals surface area contributed by atoms with Crippen LogP contribution >= 0.6 is 11.3 Å². The number of rotatable bonds is 4. The third kappa shape index (κ3) is 1.97. The second-order valence-corrected chi connectivity index (χ2v) is 4.41. The van der Waals surface area contributed by atoms with Crippen molar-refractivity contribution < 1.29 is 0 Å². The highest BCUT2D eigenvalue weighted by atomic mass is 32.1. The molecule has 2 aromatic rings. The Morgan fingerprint density at radius 2 is 2.00 bits per heavy atom. The molecule has 0 fully saturated rings. The second-order valence-electron chi connectivity index (χ2n) is 3.50. The maximum absolute atomic E-state index is 5.48. The van der Waals surface area contributed by atoms with E-state index in [1.165, 1.54) is 28.5 Å². The molecule has 0 aliphatic rings. The van der Waals surface area contributed by atoms with Crippen LogP contribution < -0.4 is 5.73 Å². The third-order valence-corrected chi connectivity index (χ3v) is 3.47. The van der Waals surface area contributed by atoms with E-state index in [1.54, 1.807) is 0 Å². The van der Waals surface area contributed by atoms with Crippen LogP contribution in [0.3, 0.4) is 0 Å². The van der Waals surface area contributed by atoms with E-state index in [4.69, 9.17) is 5.73 Å². The number of aryl methyl sites for hydroxylation is 1. The van der Waals surface area contributed by atoms with Gasteiger partial charge in [-0.3, -0.25) is 0 Å². The number of hydrogen-bond donors (Lipinski definition) is 1. The van der Waals surface area contributed by atoms with Crippen LogP contribution in [0.5, 0.6) is 0 Å². The summed E-state index contributed by atoms with van der Waals surface area (Å²) in [6, 6.07) is 8.61. The molecule has 0 bridgehead atoms. The van der Waals surface area contributed by atoms with Gasteiger partial charge in [0, 0.05) is 4.70 Å². The van der Waals surface area contributed by atoms with Crippen molar-refractivity contribution in [2.75, 3.05) is 6.54 Å². The molecule has 1 heterocycles. The molecule has 0 amide bonds. The van der Waals surface area contributed by atoms with Crippen LogP contribution in [0.2, 0.25) is 0 Å². The van der Waals surface area contributed by atoms with Gasteiger partial charge in [0.2, 0.25) is 0 Å². The first-order chi connectivity index (χ1) is 6.92. The van der Waals surface area contributed by atoms with Crippen LogP contribution in [-0.4, -0.2) is 6.54 Å². The summed E-state index contributed by atoms with van der Waals surface area (Å²) in [5.74, 6) is 0. The number of fused-ring (bicyclic) bond motifs is 1. The molecule has 2 rings (SSSR count). The minimum Gasteiger partial charge on any atom is -0.330 e. The molecular weight excluding hydrogens is 190 g/mol. The number of benzene rings is 1. The standard InChI is InChI=1S/C12H15NS/c13-8-4-3-5-10-9-14-12-7-2-1-6-11(10)12/h1-2,6-7,9H,3-5,8,13H2. The van der Waals surface area contributed by atoms with Crippen molar-refractivity contribution in [3.8, 4) is 0 Å². The van der Waals surface area contributed by atoms with Crippen molar-refractivity contribution in [2.45, 2.75) is 19.3 Å². The molecule has 2 N–H and O–H groups in total. The summed E-state index contributed by atoms with van der Waals surface area (Å²) in [6.45, 7) is 0.808. The maximum atomic E-state index is 5.48. The third-order valence-electron chi connectivity index (χ3n) is 2.46. The van der Waals surface area contributed by atoms with Gasteiger partial charge in [0.05, 0.1) is 0 Å². The van der Waals surface area contributed by atoms with Gasteiger partial charge in [-0.05, 0) is 48.2 Å². The molecule has 0 atom stereocenters. The highest BCUT2D eigenvalue weighted by Crippen LogP contribution is 2.26. The van der Waals surface area contributed by atoms with Gasteiger partial charge < -0.3 is 5.73 Å². The van der Waals surface area contributed by atoms with Gasteiger partial charge in [0.1, 0.15) is 0 Å². The van der Waals surface area contributed by atoms with Gasteiger partial charge in [-0.15, -0.1) is 11.3 Å². The predicted molar refractivity (Wildman–Crippen MR) is 63.8 cm³/mol. The van der Waals surface area contributed by atoms with Crippen LogP contribution in [0, 0.1) is 0 Å². The first-order valence-electron chi connectivity index (χ1n) is 5.07. The lowest BCUT2D eigenvalue weighted by molar-refractivity contribution is 0.748. The van der Waals surface area contributed by atoms with Crippen LogP contribution in [0.25, 0.3) is 10.1 Å². The first kappa shape index (κ1) is 9.69. The lowest BCUT2D eigenvalue weighted by Gasteiger charge is -1.98. The molecule has 1 aromatic heterocycles. The Hall–Kier alpha value is -0.860. The Morgan fingerprint density at radius 3 is 2.86 bits per heavy atom. The predicted octanol–water partition coefficient (Wildman–Crippen LogP) is 3.18. The Morgan fingerprint density at radius 1 is 1.14 bits per heavy atom. The topological polar surface area (TPSA) is 26.0 Å². The van der Waals surface area contributed by atoms with Crippen molar-refractivity contribution in [3.63, 3.8) is 0 Å². The van der Waals surface area contributed by atoms with Crippen LogP contribution in [-0.2, 0) is 6.42 Å². The van der Waals surface area contributed by atoms with E-state index in [2.05, 4.69) is 29.6 Å². The molecule has 1 nitrogen and oxygen atoms in total. The molecule has 0 aliphatic carbocycles. The Bertz CT molecular complexity index is 405. The average molecular weight is 205 g/mol. The van der Waals surface area contributed by atoms with Gasteiger partial charge in [-0.25, -0.2) is 0 Å². The smallest absolute Gasteiger partial charge is 0.0345 e. The van der Waals surface area contributed by atoms with Gasteiger partial charge in [-0.1, -0.05) is 18.2 Å². The fourth-order valence-corrected chi connectivity index (χ4v) is 2.68. The van der Waals surface area contributed by atoms with E-state index in [-0.39, 0.29) is 0 Å². The quantitative estimate of drug-likeness (QED) is 0.762. The van der Waals surface area contributed by atoms with Gasteiger partial charge in [0.25, 0.3) is 0 Å².